The standard InChI is InChI=1S/C2H3F3O.C2H5N/c3-2(4,5)1-6;1-2-3/h6H,1H2;2-3H,1H3. The minimum atomic E-state index is -4.40. The van der Waals surface area contributed by atoms with Crippen LogP contribution in [0.15, 0.2) is 0 Å². The second kappa shape index (κ2) is 5.55. The van der Waals surface area contributed by atoms with Gasteiger partial charge < -0.3 is 10.5 Å². The van der Waals surface area contributed by atoms with Crippen LogP contribution in [0.25, 0.3) is 0 Å². The number of aliphatic hydroxyl groups is 1. The van der Waals surface area contributed by atoms with Crippen molar-refractivity contribution < 1.29 is 18.3 Å². The molecule has 0 saturated heterocycles. The molecule has 5 heteroatoms. The van der Waals surface area contributed by atoms with E-state index in [1.165, 1.54) is 6.21 Å². The van der Waals surface area contributed by atoms with Crippen LogP contribution in [-0.4, -0.2) is 24.1 Å². The van der Waals surface area contributed by atoms with E-state index < -0.39 is 12.8 Å². The van der Waals surface area contributed by atoms with E-state index in [-0.39, 0.29) is 0 Å². The monoisotopic (exact) mass is 143 g/mol. The molecule has 0 fully saturated rings. The topological polar surface area (TPSA) is 44.1 Å². The second-order valence-electron chi connectivity index (χ2n) is 1.06. The summed E-state index contributed by atoms with van der Waals surface area (Å²) in [6, 6.07) is 0. The van der Waals surface area contributed by atoms with Crippen molar-refractivity contribution in [2.24, 2.45) is 0 Å². The first kappa shape index (κ1) is 11.2. The first-order valence-electron chi connectivity index (χ1n) is 2.10. The number of aliphatic hydroxyl groups excluding tert-OH is 1. The first-order chi connectivity index (χ1) is 3.97. The van der Waals surface area contributed by atoms with Gasteiger partial charge in [-0.15, -0.1) is 0 Å². The van der Waals surface area contributed by atoms with Gasteiger partial charge in [0.1, 0.15) is 6.61 Å². The van der Waals surface area contributed by atoms with Gasteiger partial charge in [0.05, 0.1) is 0 Å². The summed E-state index contributed by atoms with van der Waals surface area (Å²) >= 11 is 0. The highest BCUT2D eigenvalue weighted by Gasteiger charge is 2.24. The minimum Gasteiger partial charge on any atom is -0.387 e. The highest BCUT2D eigenvalue weighted by atomic mass is 19.4. The molecule has 0 bridgehead atoms. The van der Waals surface area contributed by atoms with E-state index in [4.69, 9.17) is 10.5 Å². The number of nitrogens with one attached hydrogen (secondary N) is 1. The fourth-order valence-corrected chi connectivity index (χ4v) is 0. The van der Waals surface area contributed by atoms with Crippen molar-refractivity contribution in [3.8, 4) is 0 Å². The Morgan fingerprint density at radius 3 is 1.67 bits per heavy atom. The van der Waals surface area contributed by atoms with Gasteiger partial charge in [-0.3, -0.25) is 0 Å². The van der Waals surface area contributed by atoms with E-state index in [0.717, 1.165) is 0 Å². The maximum absolute atomic E-state index is 10.5. The Balaban J connectivity index is 0. The van der Waals surface area contributed by atoms with Gasteiger partial charge in [-0.05, 0) is 13.1 Å². The zero-order chi connectivity index (χ0) is 7.91. The van der Waals surface area contributed by atoms with E-state index in [0.29, 0.717) is 0 Å². The summed E-state index contributed by atoms with van der Waals surface area (Å²) in [5.41, 5.74) is 0. The van der Waals surface area contributed by atoms with Crippen LogP contribution in [0.3, 0.4) is 0 Å². The van der Waals surface area contributed by atoms with E-state index in [1.807, 2.05) is 0 Å². The van der Waals surface area contributed by atoms with E-state index in [9.17, 15) is 13.2 Å². The smallest absolute Gasteiger partial charge is 0.387 e. The SMILES string of the molecule is CC=N.OCC(F)(F)F. The Morgan fingerprint density at radius 1 is 1.56 bits per heavy atom. The normalized spacial score (nSPS) is 9.44. The van der Waals surface area contributed by atoms with Crippen LogP contribution in [0, 0.1) is 5.41 Å². The fraction of sp³-hybridized carbons (Fsp3) is 0.750. The van der Waals surface area contributed by atoms with Crippen molar-refractivity contribution in [1.82, 2.24) is 0 Å². The van der Waals surface area contributed by atoms with Gasteiger partial charge in [0.2, 0.25) is 0 Å². The van der Waals surface area contributed by atoms with Crippen molar-refractivity contribution in [2.45, 2.75) is 13.1 Å². The Hall–Kier alpha value is -0.580. The van der Waals surface area contributed by atoms with Gasteiger partial charge in [0.25, 0.3) is 0 Å². The number of hydrogen-bond acceptors (Lipinski definition) is 2. The zero-order valence-corrected chi connectivity index (χ0v) is 4.87. The molecule has 0 aliphatic heterocycles. The molecule has 0 radical (unpaired) electrons. The van der Waals surface area contributed by atoms with Gasteiger partial charge in [-0.2, -0.15) is 13.2 Å². The van der Waals surface area contributed by atoms with Crippen LogP contribution in [-0.2, 0) is 0 Å². The number of alkyl halides is 3. The largest absolute Gasteiger partial charge is 0.411 e. The van der Waals surface area contributed by atoms with Crippen LogP contribution >= 0.6 is 0 Å². The molecule has 0 aromatic rings. The summed E-state index contributed by atoms with van der Waals surface area (Å²) in [5, 5.41) is 13.4. The molecule has 0 aliphatic carbocycles. The highest BCUT2D eigenvalue weighted by molar-refractivity contribution is 5.48. The molecule has 0 aromatic heterocycles. The van der Waals surface area contributed by atoms with E-state index in [1.54, 1.807) is 6.92 Å². The molecule has 0 heterocycles. The zero-order valence-electron chi connectivity index (χ0n) is 4.87. The van der Waals surface area contributed by atoms with E-state index in [2.05, 4.69) is 0 Å². The molecule has 0 atom stereocenters. The molecule has 0 saturated carbocycles. The fourth-order valence-electron chi connectivity index (χ4n) is 0. The molecule has 9 heavy (non-hydrogen) atoms. The third-order valence-corrected chi connectivity index (χ3v) is 0.179. The second-order valence-corrected chi connectivity index (χ2v) is 1.06. The van der Waals surface area contributed by atoms with Crippen LogP contribution in [0.5, 0.6) is 0 Å². The van der Waals surface area contributed by atoms with Crippen LogP contribution in [0.4, 0.5) is 13.2 Å². The number of hydrogen-bond donors (Lipinski definition) is 2. The molecule has 56 valence electrons. The number of halogens is 3. The molecule has 2 N–H and O–H groups in total. The Labute approximate surface area is 50.8 Å². The molecule has 0 rings (SSSR count). The molecule has 2 nitrogen and oxygen atoms in total. The predicted octanol–water partition coefficient (Wildman–Crippen LogP) is 1.20. The van der Waals surface area contributed by atoms with Gasteiger partial charge in [0, 0.05) is 0 Å². The van der Waals surface area contributed by atoms with Crippen molar-refractivity contribution in [3.63, 3.8) is 0 Å². The molecule has 0 amide bonds. The highest BCUT2D eigenvalue weighted by Crippen LogP contribution is 2.11. The Bertz CT molecular complexity index is 70.7. The number of rotatable bonds is 0. The van der Waals surface area contributed by atoms with E-state index >= 15 is 0 Å². The van der Waals surface area contributed by atoms with Gasteiger partial charge in [0.15, 0.2) is 0 Å². The van der Waals surface area contributed by atoms with Gasteiger partial charge >= 0.3 is 6.18 Å². The van der Waals surface area contributed by atoms with Crippen molar-refractivity contribution >= 4 is 6.21 Å². The van der Waals surface area contributed by atoms with Crippen molar-refractivity contribution in [1.29, 1.82) is 5.41 Å². The van der Waals surface area contributed by atoms with Crippen LogP contribution in [0.1, 0.15) is 6.92 Å². The van der Waals surface area contributed by atoms with Crippen LogP contribution < -0.4 is 0 Å². The average Bonchev–Trinajstić information content (AvgIpc) is 1.67. The minimum absolute atomic E-state index is 1.25. The summed E-state index contributed by atoms with van der Waals surface area (Å²) < 4.78 is 31.6. The summed E-state index contributed by atoms with van der Waals surface area (Å²) in [6.45, 7) is -0.0625. The van der Waals surface area contributed by atoms with Gasteiger partial charge in [-0.1, -0.05) is 0 Å². The van der Waals surface area contributed by atoms with Crippen molar-refractivity contribution in [3.05, 3.63) is 0 Å². The third-order valence-electron chi connectivity index (χ3n) is 0.179. The lowest BCUT2D eigenvalue weighted by atomic mass is 10.7. The lowest BCUT2D eigenvalue weighted by molar-refractivity contribution is -0.159. The van der Waals surface area contributed by atoms with Gasteiger partial charge in [-0.25, -0.2) is 0 Å². The maximum atomic E-state index is 10.5. The molecule has 0 spiro atoms. The third kappa shape index (κ3) is 37.2. The molecule has 0 aliphatic rings. The molecule has 0 unspecified atom stereocenters. The summed E-state index contributed by atoms with van der Waals surface area (Å²) in [5.74, 6) is 0. The van der Waals surface area contributed by atoms with Crippen LogP contribution in [0.2, 0.25) is 0 Å². The Morgan fingerprint density at radius 2 is 1.67 bits per heavy atom. The van der Waals surface area contributed by atoms with Crippen molar-refractivity contribution in [2.75, 3.05) is 6.61 Å². The summed E-state index contributed by atoms with van der Waals surface area (Å²) in [4.78, 5) is 0. The summed E-state index contributed by atoms with van der Waals surface area (Å²) in [6.07, 6.45) is -3.15. The molecular weight excluding hydrogens is 135 g/mol. The molecular formula is C4H8F3NO. The lowest BCUT2D eigenvalue weighted by Crippen LogP contribution is -2.12. The molecule has 0 aromatic carbocycles. The maximum Gasteiger partial charge on any atom is 0.411 e. The first-order valence-corrected chi connectivity index (χ1v) is 2.10. The lowest BCUT2D eigenvalue weighted by Gasteiger charge is -1.95. The average molecular weight is 143 g/mol. The summed E-state index contributed by atoms with van der Waals surface area (Å²) in [7, 11) is 0. The predicted molar refractivity (Wildman–Crippen MR) is 27.6 cm³/mol. The quantitative estimate of drug-likeness (QED) is 0.491. The Kier molecular flexibility index (Phi) is 6.94.